The Kier molecular flexibility index (Phi) is 12.5. The van der Waals surface area contributed by atoms with Crippen LogP contribution in [0.2, 0.25) is 0 Å². The molecule has 17 heavy (non-hydrogen) atoms. The Labute approximate surface area is 111 Å². The third kappa shape index (κ3) is 9.68. The maximum atomic E-state index is 2.41. The Morgan fingerprint density at radius 1 is 0.824 bits per heavy atom. The molecule has 0 spiro atoms. The van der Waals surface area contributed by atoms with E-state index in [1.54, 1.807) is 0 Å². The van der Waals surface area contributed by atoms with Gasteiger partial charge in [-0.25, -0.2) is 0 Å². The highest BCUT2D eigenvalue weighted by Gasteiger charge is 2.17. The summed E-state index contributed by atoms with van der Waals surface area (Å²) in [5.74, 6) is 2.05. The van der Waals surface area contributed by atoms with Crippen LogP contribution in [0.4, 0.5) is 0 Å². The normalized spacial score (nSPS) is 18.4. The van der Waals surface area contributed by atoms with Gasteiger partial charge in [0, 0.05) is 0 Å². The summed E-state index contributed by atoms with van der Waals surface area (Å²) < 4.78 is 0. The van der Waals surface area contributed by atoms with E-state index in [4.69, 9.17) is 0 Å². The minimum absolute atomic E-state index is 0.986. The highest BCUT2D eigenvalue weighted by atomic mass is 14.2. The Morgan fingerprint density at radius 2 is 1.35 bits per heavy atom. The molecule has 1 fully saturated rings. The van der Waals surface area contributed by atoms with E-state index in [0.717, 1.165) is 11.8 Å². The van der Waals surface area contributed by atoms with Gasteiger partial charge in [0.1, 0.15) is 0 Å². The van der Waals surface area contributed by atoms with Crippen molar-refractivity contribution in [3.63, 3.8) is 0 Å². The van der Waals surface area contributed by atoms with Gasteiger partial charge in [0.15, 0.2) is 0 Å². The fraction of sp³-hybridized carbons (Fsp3) is 1.00. The van der Waals surface area contributed by atoms with E-state index in [0.29, 0.717) is 0 Å². The van der Waals surface area contributed by atoms with Gasteiger partial charge < -0.3 is 0 Å². The van der Waals surface area contributed by atoms with Crippen LogP contribution in [0.3, 0.4) is 0 Å². The molecule has 0 heteroatoms. The lowest BCUT2D eigenvalue weighted by Crippen LogP contribution is -2.14. The fourth-order valence-electron chi connectivity index (χ4n) is 2.71. The monoisotopic (exact) mass is 240 g/mol. The maximum absolute atomic E-state index is 2.41. The molecule has 1 atom stereocenters. The van der Waals surface area contributed by atoms with E-state index in [1.807, 2.05) is 0 Å². The molecule has 0 N–H and O–H groups in total. The van der Waals surface area contributed by atoms with Crippen molar-refractivity contribution in [2.24, 2.45) is 11.8 Å². The molecule has 1 unspecified atom stereocenters. The molecule has 104 valence electrons. The van der Waals surface area contributed by atoms with Gasteiger partial charge >= 0.3 is 0 Å². The van der Waals surface area contributed by atoms with E-state index in [9.17, 15) is 0 Å². The number of hydrogen-bond donors (Lipinski definition) is 0. The summed E-state index contributed by atoms with van der Waals surface area (Å²) in [5, 5.41) is 0. The number of hydrogen-bond acceptors (Lipinski definition) is 0. The highest BCUT2D eigenvalue weighted by molar-refractivity contribution is 4.69. The van der Waals surface area contributed by atoms with Crippen LogP contribution in [0, 0.1) is 11.8 Å². The molecule has 0 radical (unpaired) electrons. The molecule has 0 amide bonds. The average molecular weight is 240 g/mol. The van der Waals surface area contributed by atoms with Crippen LogP contribution in [0.1, 0.15) is 98.3 Å². The first-order chi connectivity index (χ1) is 8.26. The zero-order valence-corrected chi connectivity index (χ0v) is 12.9. The summed E-state index contributed by atoms with van der Waals surface area (Å²) in [6.45, 7) is 9.22. The molecule has 0 aromatic rings. The Morgan fingerprint density at radius 3 is 1.76 bits per heavy atom. The molecule has 0 bridgehead atoms. The van der Waals surface area contributed by atoms with Crippen LogP contribution >= 0.6 is 0 Å². The number of rotatable bonds is 6. The van der Waals surface area contributed by atoms with Gasteiger partial charge in [0.05, 0.1) is 0 Å². The van der Waals surface area contributed by atoms with E-state index in [2.05, 4.69) is 27.7 Å². The molecule has 0 aromatic carbocycles. The average Bonchev–Trinajstić information content (AvgIpc) is 2.40. The minimum Gasteiger partial charge on any atom is -0.0654 e. The third-order valence-electron chi connectivity index (χ3n) is 4.31. The van der Waals surface area contributed by atoms with Crippen LogP contribution in [0.15, 0.2) is 0 Å². The second-order valence-electron chi connectivity index (χ2n) is 5.84. The van der Waals surface area contributed by atoms with Crippen LogP contribution < -0.4 is 0 Å². The van der Waals surface area contributed by atoms with Gasteiger partial charge in [-0.3, -0.25) is 0 Å². The summed E-state index contributed by atoms with van der Waals surface area (Å²) in [6, 6.07) is 0. The highest BCUT2D eigenvalue weighted by Crippen LogP contribution is 2.30. The quantitative estimate of drug-likeness (QED) is 0.459. The Hall–Kier alpha value is 0. The summed E-state index contributed by atoms with van der Waals surface area (Å²) >= 11 is 0. The Bertz CT molecular complexity index is 129. The number of unbranched alkanes of at least 4 members (excludes halogenated alkanes) is 4. The van der Waals surface area contributed by atoms with Crippen LogP contribution in [0.25, 0.3) is 0 Å². The zero-order valence-electron chi connectivity index (χ0n) is 12.9. The van der Waals surface area contributed by atoms with Gasteiger partial charge in [-0.15, -0.1) is 0 Å². The third-order valence-corrected chi connectivity index (χ3v) is 4.31. The lowest BCUT2D eigenvalue weighted by Gasteiger charge is -2.26. The van der Waals surface area contributed by atoms with Crippen LogP contribution in [-0.2, 0) is 0 Å². The molecule has 0 nitrogen and oxygen atoms in total. The van der Waals surface area contributed by atoms with Crippen molar-refractivity contribution in [1.82, 2.24) is 0 Å². The van der Waals surface area contributed by atoms with Crippen molar-refractivity contribution in [3.05, 3.63) is 0 Å². The van der Waals surface area contributed by atoms with Crippen molar-refractivity contribution >= 4 is 0 Å². The predicted octanol–water partition coefficient (Wildman–Crippen LogP) is 6.59. The van der Waals surface area contributed by atoms with Gasteiger partial charge in [-0.2, -0.15) is 0 Å². The molecular weight excluding hydrogens is 204 g/mol. The second-order valence-corrected chi connectivity index (χ2v) is 5.84. The summed E-state index contributed by atoms with van der Waals surface area (Å²) in [4.78, 5) is 0. The van der Waals surface area contributed by atoms with E-state index in [1.165, 1.54) is 70.6 Å². The van der Waals surface area contributed by atoms with E-state index in [-0.39, 0.29) is 0 Å². The molecular formula is C17H36. The second kappa shape index (κ2) is 12.5. The zero-order chi connectivity index (χ0) is 12.9. The van der Waals surface area contributed by atoms with Crippen molar-refractivity contribution in [2.45, 2.75) is 98.3 Å². The molecule has 0 heterocycles. The van der Waals surface area contributed by atoms with Crippen molar-refractivity contribution in [1.29, 1.82) is 0 Å². The standard InChI is InChI=1S/C10H20.C7H16/c1-3-9(2)10-7-5-4-6-8-10;1-3-5-7-6-4-2/h9-10H,3-8H2,1-2H3;3-7H2,1-2H3. The topological polar surface area (TPSA) is 0 Å². The van der Waals surface area contributed by atoms with Crippen molar-refractivity contribution in [3.8, 4) is 0 Å². The molecule has 1 aliphatic carbocycles. The SMILES string of the molecule is CCC(C)C1CCCCC1.CCCCCCC. The fourth-order valence-corrected chi connectivity index (χ4v) is 2.71. The minimum atomic E-state index is 0.986. The predicted molar refractivity (Wildman–Crippen MR) is 80.5 cm³/mol. The van der Waals surface area contributed by atoms with Crippen molar-refractivity contribution < 1.29 is 0 Å². The van der Waals surface area contributed by atoms with E-state index < -0.39 is 0 Å². The largest absolute Gasteiger partial charge is 0.0654 e. The Balaban J connectivity index is 0.000000325. The van der Waals surface area contributed by atoms with Gasteiger partial charge in [-0.1, -0.05) is 98.3 Å². The maximum Gasteiger partial charge on any atom is -0.0389 e. The first-order valence-corrected chi connectivity index (χ1v) is 8.26. The molecule has 1 aliphatic rings. The summed E-state index contributed by atoms with van der Waals surface area (Å²) in [5.41, 5.74) is 0. The summed E-state index contributed by atoms with van der Waals surface area (Å²) in [6.07, 6.45) is 15.9. The van der Waals surface area contributed by atoms with E-state index >= 15 is 0 Å². The lowest BCUT2D eigenvalue weighted by molar-refractivity contribution is 0.258. The first-order valence-electron chi connectivity index (χ1n) is 8.26. The van der Waals surface area contributed by atoms with Gasteiger partial charge in [0.2, 0.25) is 0 Å². The van der Waals surface area contributed by atoms with Crippen LogP contribution in [0.5, 0.6) is 0 Å². The molecule has 0 saturated heterocycles. The summed E-state index contributed by atoms with van der Waals surface area (Å²) in [7, 11) is 0. The molecule has 1 saturated carbocycles. The van der Waals surface area contributed by atoms with Crippen molar-refractivity contribution in [2.75, 3.05) is 0 Å². The first kappa shape index (κ1) is 17.0. The molecule has 1 rings (SSSR count). The smallest absolute Gasteiger partial charge is 0.0389 e. The van der Waals surface area contributed by atoms with Gasteiger partial charge in [-0.05, 0) is 11.8 Å². The lowest BCUT2D eigenvalue weighted by atomic mass is 9.80. The van der Waals surface area contributed by atoms with Gasteiger partial charge in [0.25, 0.3) is 0 Å². The van der Waals surface area contributed by atoms with Crippen LogP contribution in [-0.4, -0.2) is 0 Å². The molecule has 0 aromatic heterocycles. The molecule has 0 aliphatic heterocycles.